The second kappa shape index (κ2) is 4.23. The summed E-state index contributed by atoms with van der Waals surface area (Å²) in [6.45, 7) is 0. The molecule has 14 heavy (non-hydrogen) atoms. The van der Waals surface area contributed by atoms with E-state index in [2.05, 4.69) is 11.8 Å². The predicted molar refractivity (Wildman–Crippen MR) is 57.8 cm³/mol. The van der Waals surface area contributed by atoms with Gasteiger partial charge in [0.05, 0.1) is 6.20 Å². The number of benzene rings is 1. The Morgan fingerprint density at radius 2 is 2.00 bits per heavy atom. The van der Waals surface area contributed by atoms with E-state index >= 15 is 0 Å². The zero-order valence-electron chi connectivity index (χ0n) is 7.73. The van der Waals surface area contributed by atoms with Gasteiger partial charge < -0.3 is 0 Å². The molecular formula is C11H9NOS. The second-order valence-electron chi connectivity index (χ2n) is 2.70. The lowest BCUT2D eigenvalue weighted by atomic mass is 10.2. The summed E-state index contributed by atoms with van der Waals surface area (Å²) in [5.74, 6) is 6.05. The summed E-state index contributed by atoms with van der Waals surface area (Å²) in [5.41, 5.74) is 1.94. The van der Waals surface area contributed by atoms with Gasteiger partial charge in [0, 0.05) is 23.9 Å². The molecule has 3 heteroatoms. The van der Waals surface area contributed by atoms with Crippen molar-refractivity contribution in [2.75, 3.05) is 6.26 Å². The van der Waals surface area contributed by atoms with Gasteiger partial charge in [-0.15, -0.1) is 0 Å². The second-order valence-corrected chi connectivity index (χ2v) is 3.18. The molecule has 0 saturated heterocycles. The molecule has 2 rings (SSSR count). The smallest absolute Gasteiger partial charge is 0.139 e. The molecule has 0 saturated carbocycles. The number of hydroxylamine groups is 2. The van der Waals surface area contributed by atoms with Gasteiger partial charge in [0.1, 0.15) is 5.70 Å². The van der Waals surface area contributed by atoms with Crippen molar-refractivity contribution in [1.29, 1.82) is 0 Å². The van der Waals surface area contributed by atoms with Crippen LogP contribution in [0.3, 0.4) is 0 Å². The molecule has 1 heterocycles. The SMILES string of the molecule is CSON1C=C1C#Cc1ccccc1. The van der Waals surface area contributed by atoms with E-state index in [1.807, 2.05) is 42.8 Å². The van der Waals surface area contributed by atoms with Crippen LogP contribution in [-0.2, 0) is 4.28 Å². The zero-order valence-corrected chi connectivity index (χ0v) is 8.54. The van der Waals surface area contributed by atoms with Crippen LogP contribution >= 0.6 is 12.0 Å². The van der Waals surface area contributed by atoms with E-state index < -0.39 is 0 Å². The maximum absolute atomic E-state index is 5.11. The average Bonchev–Trinajstić information content (AvgIpc) is 2.96. The van der Waals surface area contributed by atoms with Gasteiger partial charge in [0.25, 0.3) is 0 Å². The normalized spacial score (nSPS) is 12.9. The maximum atomic E-state index is 5.11. The largest absolute Gasteiger partial charge is 0.204 e. The van der Waals surface area contributed by atoms with Gasteiger partial charge in [0.15, 0.2) is 0 Å². The number of hydrogen-bond acceptors (Lipinski definition) is 3. The van der Waals surface area contributed by atoms with Gasteiger partial charge in [-0.25, -0.2) is 5.06 Å². The number of allylic oxidation sites excluding steroid dienone is 1. The van der Waals surface area contributed by atoms with E-state index in [1.165, 1.54) is 12.0 Å². The minimum absolute atomic E-state index is 0.920. The molecule has 0 radical (unpaired) electrons. The highest BCUT2D eigenvalue weighted by atomic mass is 32.2. The summed E-state index contributed by atoms with van der Waals surface area (Å²) in [6, 6.07) is 9.89. The Bertz CT molecular complexity index is 402. The molecule has 1 aliphatic heterocycles. The Kier molecular flexibility index (Phi) is 2.78. The zero-order chi connectivity index (χ0) is 9.80. The summed E-state index contributed by atoms with van der Waals surface area (Å²) in [6.07, 6.45) is 3.72. The van der Waals surface area contributed by atoms with Crippen molar-refractivity contribution in [3.8, 4) is 11.8 Å². The van der Waals surface area contributed by atoms with Crippen molar-refractivity contribution in [3.63, 3.8) is 0 Å². The van der Waals surface area contributed by atoms with Crippen LogP contribution in [0, 0.1) is 11.8 Å². The molecule has 0 aromatic heterocycles. The first-order valence-electron chi connectivity index (χ1n) is 4.19. The van der Waals surface area contributed by atoms with Gasteiger partial charge in [-0.05, 0) is 18.1 Å². The Balaban J connectivity index is 1.94. The fraction of sp³-hybridized carbons (Fsp3) is 0.0909. The van der Waals surface area contributed by atoms with Gasteiger partial charge in [-0.1, -0.05) is 24.1 Å². The summed E-state index contributed by atoms with van der Waals surface area (Å²) in [5, 5.41) is 1.65. The fourth-order valence-corrected chi connectivity index (χ4v) is 1.25. The third kappa shape index (κ3) is 2.32. The monoisotopic (exact) mass is 203 g/mol. The Labute approximate surface area is 87.7 Å². The van der Waals surface area contributed by atoms with Crippen LogP contribution in [0.4, 0.5) is 0 Å². The summed E-state index contributed by atoms with van der Waals surface area (Å²) in [4.78, 5) is 0. The molecule has 0 atom stereocenters. The first-order valence-corrected chi connectivity index (χ1v) is 5.34. The van der Waals surface area contributed by atoms with Crippen LogP contribution in [0.15, 0.2) is 42.2 Å². The molecule has 2 nitrogen and oxygen atoms in total. The molecule has 0 bridgehead atoms. The van der Waals surface area contributed by atoms with Gasteiger partial charge in [0.2, 0.25) is 0 Å². The van der Waals surface area contributed by atoms with Crippen LogP contribution in [0.5, 0.6) is 0 Å². The highest BCUT2D eigenvalue weighted by Gasteiger charge is 2.19. The van der Waals surface area contributed by atoms with Crippen LogP contribution in [0.2, 0.25) is 0 Å². The number of hydrogen-bond donors (Lipinski definition) is 0. The van der Waals surface area contributed by atoms with Crippen LogP contribution in [0.1, 0.15) is 5.56 Å². The van der Waals surface area contributed by atoms with Crippen molar-refractivity contribution in [1.82, 2.24) is 5.06 Å². The van der Waals surface area contributed by atoms with Gasteiger partial charge in [-0.3, -0.25) is 0 Å². The van der Waals surface area contributed by atoms with Crippen molar-refractivity contribution >= 4 is 12.0 Å². The molecule has 0 unspecified atom stereocenters. The lowest BCUT2D eigenvalue weighted by molar-refractivity contribution is 0.121. The molecule has 70 valence electrons. The molecule has 1 aliphatic rings. The highest BCUT2D eigenvalue weighted by Crippen LogP contribution is 2.23. The Morgan fingerprint density at radius 3 is 2.71 bits per heavy atom. The van der Waals surface area contributed by atoms with Crippen molar-refractivity contribution in [2.24, 2.45) is 0 Å². The summed E-state index contributed by atoms with van der Waals surface area (Å²) in [7, 11) is 0. The minimum Gasteiger partial charge on any atom is -0.204 e. The van der Waals surface area contributed by atoms with E-state index in [4.69, 9.17) is 4.28 Å². The van der Waals surface area contributed by atoms with E-state index in [-0.39, 0.29) is 0 Å². The van der Waals surface area contributed by atoms with Crippen LogP contribution in [0.25, 0.3) is 0 Å². The fourth-order valence-electron chi connectivity index (χ4n) is 0.969. The van der Waals surface area contributed by atoms with Gasteiger partial charge >= 0.3 is 0 Å². The van der Waals surface area contributed by atoms with E-state index in [1.54, 1.807) is 5.06 Å². The quantitative estimate of drug-likeness (QED) is 0.541. The number of rotatable bonds is 2. The first-order chi connectivity index (χ1) is 6.90. The first kappa shape index (κ1) is 9.20. The molecule has 1 aromatic rings. The Morgan fingerprint density at radius 1 is 1.21 bits per heavy atom. The number of nitrogens with zero attached hydrogens (tertiary/aromatic N) is 1. The average molecular weight is 203 g/mol. The summed E-state index contributed by atoms with van der Waals surface area (Å²) >= 11 is 1.30. The topological polar surface area (TPSA) is 12.2 Å². The predicted octanol–water partition coefficient (Wildman–Crippen LogP) is 2.40. The van der Waals surface area contributed by atoms with Crippen molar-refractivity contribution in [3.05, 3.63) is 47.8 Å². The lowest BCUT2D eigenvalue weighted by Crippen LogP contribution is -1.91. The molecule has 0 amide bonds. The molecule has 0 fully saturated rings. The standard InChI is InChI=1S/C11H9NOS/c1-14-13-12-9-11(12)8-7-10-5-3-2-4-6-10/h2-6,9H,1H3. The maximum Gasteiger partial charge on any atom is 0.139 e. The van der Waals surface area contributed by atoms with Gasteiger partial charge in [-0.2, -0.15) is 4.28 Å². The minimum atomic E-state index is 0.920. The van der Waals surface area contributed by atoms with E-state index in [0.29, 0.717) is 0 Å². The molecule has 0 aliphatic carbocycles. The van der Waals surface area contributed by atoms with Crippen LogP contribution in [-0.4, -0.2) is 11.3 Å². The third-order valence-electron chi connectivity index (χ3n) is 1.67. The molecule has 0 N–H and O–H groups in total. The van der Waals surface area contributed by atoms with Crippen molar-refractivity contribution in [2.45, 2.75) is 0 Å². The molecule has 1 aromatic carbocycles. The van der Waals surface area contributed by atoms with Crippen LogP contribution < -0.4 is 0 Å². The van der Waals surface area contributed by atoms with E-state index in [0.717, 1.165) is 11.3 Å². The molecular weight excluding hydrogens is 194 g/mol. The van der Waals surface area contributed by atoms with E-state index in [9.17, 15) is 0 Å². The molecule has 0 spiro atoms. The third-order valence-corrected chi connectivity index (χ3v) is 1.98. The Hall–Kier alpha value is -1.37. The summed E-state index contributed by atoms with van der Waals surface area (Å²) < 4.78 is 5.11. The highest BCUT2D eigenvalue weighted by molar-refractivity contribution is 7.93. The van der Waals surface area contributed by atoms with Crippen molar-refractivity contribution < 1.29 is 4.28 Å². The lowest BCUT2D eigenvalue weighted by Gasteiger charge is -1.96.